The molecule has 1 aromatic rings. The van der Waals surface area contributed by atoms with Crippen LogP contribution in [0.25, 0.3) is 0 Å². The maximum atomic E-state index is 12.7. The Labute approximate surface area is 131 Å². The van der Waals surface area contributed by atoms with Gasteiger partial charge in [-0.3, -0.25) is 19.8 Å². The highest BCUT2D eigenvalue weighted by atomic mass is 32.2. The molecule has 2 fully saturated rings. The van der Waals surface area contributed by atoms with Crippen molar-refractivity contribution in [2.24, 2.45) is 0 Å². The van der Waals surface area contributed by atoms with Gasteiger partial charge in [-0.1, -0.05) is 0 Å². The Morgan fingerprint density at radius 1 is 1.38 bits per heavy atom. The minimum Gasteiger partial charge on any atom is -0.326 e. The third kappa shape index (κ3) is 2.09. The van der Waals surface area contributed by atoms with Crippen molar-refractivity contribution in [1.29, 1.82) is 0 Å². The zero-order valence-electron chi connectivity index (χ0n) is 11.5. The molecule has 0 aliphatic carbocycles. The summed E-state index contributed by atoms with van der Waals surface area (Å²) < 4.78 is -0.198. The lowest BCUT2D eigenvalue weighted by molar-refractivity contribution is -0.384. The van der Waals surface area contributed by atoms with Crippen LogP contribution >= 0.6 is 24.0 Å². The lowest BCUT2D eigenvalue weighted by atomic mass is 10.0. The molecule has 0 N–H and O–H groups in total. The van der Waals surface area contributed by atoms with Crippen LogP contribution < -0.4 is 4.90 Å². The fourth-order valence-electron chi connectivity index (χ4n) is 2.67. The second-order valence-electron chi connectivity index (χ2n) is 5.48. The molecule has 8 heteroatoms. The van der Waals surface area contributed by atoms with E-state index in [2.05, 4.69) is 0 Å². The van der Waals surface area contributed by atoms with Crippen LogP contribution in [-0.2, 0) is 4.79 Å². The molecule has 2 saturated heterocycles. The first-order valence-corrected chi connectivity index (χ1v) is 7.75. The molecular formula is C13H13N3O3S2. The summed E-state index contributed by atoms with van der Waals surface area (Å²) in [7, 11) is 0. The molecule has 0 unspecified atom stereocenters. The molecule has 0 saturated carbocycles. The number of nitro groups is 1. The van der Waals surface area contributed by atoms with Crippen LogP contribution in [0, 0.1) is 10.1 Å². The van der Waals surface area contributed by atoms with Crippen LogP contribution in [-0.4, -0.2) is 37.5 Å². The number of fused-ring (bicyclic) bond motifs is 1. The molecule has 0 bridgehead atoms. The SMILES string of the molecule is CC1(C)SCN2C(=S)N(c3ccc([N+](=O)[O-])cc3)C(=O)[C@@H]21. The molecule has 1 amide bonds. The van der Waals surface area contributed by atoms with Crippen molar-refractivity contribution in [2.75, 3.05) is 10.8 Å². The number of carbonyl (C=O) groups excluding carboxylic acids is 1. The number of thioether (sulfide) groups is 1. The quantitative estimate of drug-likeness (QED) is 0.473. The zero-order chi connectivity index (χ0) is 15.4. The Bertz CT molecular complexity index is 645. The van der Waals surface area contributed by atoms with Crippen molar-refractivity contribution < 1.29 is 9.72 Å². The summed E-state index contributed by atoms with van der Waals surface area (Å²) in [6.07, 6.45) is 0. The zero-order valence-corrected chi connectivity index (χ0v) is 13.1. The van der Waals surface area contributed by atoms with Gasteiger partial charge >= 0.3 is 0 Å². The van der Waals surface area contributed by atoms with Crippen molar-refractivity contribution in [2.45, 2.75) is 24.6 Å². The molecule has 0 spiro atoms. The topological polar surface area (TPSA) is 66.7 Å². The number of anilines is 1. The molecular weight excluding hydrogens is 310 g/mol. The summed E-state index contributed by atoms with van der Waals surface area (Å²) in [5.41, 5.74) is 0.568. The average molecular weight is 323 g/mol. The number of nitro benzene ring substituents is 1. The molecule has 110 valence electrons. The van der Waals surface area contributed by atoms with Crippen molar-refractivity contribution >= 4 is 46.4 Å². The molecule has 1 atom stereocenters. The van der Waals surface area contributed by atoms with E-state index < -0.39 is 4.92 Å². The smallest absolute Gasteiger partial charge is 0.269 e. The molecule has 6 nitrogen and oxygen atoms in total. The van der Waals surface area contributed by atoms with E-state index in [1.807, 2.05) is 18.7 Å². The van der Waals surface area contributed by atoms with Gasteiger partial charge in [0.25, 0.3) is 11.6 Å². The highest BCUT2D eigenvalue weighted by Gasteiger charge is 2.55. The van der Waals surface area contributed by atoms with E-state index in [-0.39, 0.29) is 22.4 Å². The first-order valence-electron chi connectivity index (χ1n) is 6.36. The molecule has 3 rings (SSSR count). The number of hydrogen-bond acceptors (Lipinski definition) is 5. The predicted molar refractivity (Wildman–Crippen MR) is 85.3 cm³/mol. The van der Waals surface area contributed by atoms with Crippen LogP contribution in [0.1, 0.15) is 13.8 Å². The first-order chi connectivity index (χ1) is 9.83. The second kappa shape index (κ2) is 4.67. The average Bonchev–Trinajstić information content (AvgIpc) is 2.87. The maximum absolute atomic E-state index is 12.7. The normalized spacial score (nSPS) is 23.6. The number of non-ortho nitro benzene ring substituents is 1. The van der Waals surface area contributed by atoms with Gasteiger partial charge < -0.3 is 4.90 Å². The Hall–Kier alpha value is -1.67. The van der Waals surface area contributed by atoms with Crippen molar-refractivity contribution in [3.63, 3.8) is 0 Å². The third-order valence-corrected chi connectivity index (χ3v) is 5.55. The van der Waals surface area contributed by atoms with E-state index in [9.17, 15) is 14.9 Å². The van der Waals surface area contributed by atoms with E-state index in [1.165, 1.54) is 17.0 Å². The summed E-state index contributed by atoms with van der Waals surface area (Å²) in [4.78, 5) is 26.3. The van der Waals surface area contributed by atoms with Crippen molar-refractivity contribution in [3.8, 4) is 0 Å². The maximum Gasteiger partial charge on any atom is 0.269 e. The van der Waals surface area contributed by atoms with Gasteiger partial charge in [-0.15, -0.1) is 11.8 Å². The van der Waals surface area contributed by atoms with Crippen LogP contribution in [0.5, 0.6) is 0 Å². The van der Waals surface area contributed by atoms with Gasteiger partial charge in [0.2, 0.25) is 0 Å². The standard InChI is InChI=1S/C13H13N3O3S2/c1-13(2)10-11(17)15(12(20)14(10)7-21-13)8-3-5-9(6-4-8)16(18)19/h3-6,10H,7H2,1-2H3/t10-/m1/s1. The molecule has 0 radical (unpaired) electrons. The van der Waals surface area contributed by atoms with Crippen LogP contribution in [0.4, 0.5) is 11.4 Å². The molecule has 2 heterocycles. The van der Waals surface area contributed by atoms with E-state index >= 15 is 0 Å². The van der Waals surface area contributed by atoms with E-state index in [0.29, 0.717) is 16.7 Å². The van der Waals surface area contributed by atoms with Crippen LogP contribution in [0.3, 0.4) is 0 Å². The van der Waals surface area contributed by atoms with E-state index in [4.69, 9.17) is 12.2 Å². The Morgan fingerprint density at radius 3 is 2.52 bits per heavy atom. The minimum atomic E-state index is -0.466. The molecule has 2 aliphatic rings. The number of nitrogens with zero attached hydrogens (tertiary/aromatic N) is 3. The monoisotopic (exact) mass is 323 g/mol. The number of carbonyl (C=O) groups is 1. The van der Waals surface area contributed by atoms with Gasteiger partial charge in [0.05, 0.1) is 16.5 Å². The Kier molecular flexibility index (Phi) is 3.18. The predicted octanol–water partition coefficient (Wildman–Crippen LogP) is 2.38. The fraction of sp³-hybridized carbons (Fsp3) is 0.385. The number of benzene rings is 1. The van der Waals surface area contributed by atoms with Gasteiger partial charge in [-0.05, 0) is 38.2 Å². The lowest BCUT2D eigenvalue weighted by Gasteiger charge is -2.23. The van der Waals surface area contributed by atoms with E-state index in [1.54, 1.807) is 23.9 Å². The van der Waals surface area contributed by atoms with Crippen molar-refractivity contribution in [3.05, 3.63) is 34.4 Å². The Morgan fingerprint density at radius 2 is 2.00 bits per heavy atom. The minimum absolute atomic E-state index is 0.00676. The van der Waals surface area contributed by atoms with Crippen LogP contribution in [0.15, 0.2) is 24.3 Å². The highest BCUT2D eigenvalue weighted by Crippen LogP contribution is 2.44. The number of thiocarbonyl (C=S) groups is 1. The molecule has 0 aromatic heterocycles. The number of amides is 1. The van der Waals surface area contributed by atoms with Gasteiger partial charge in [0, 0.05) is 16.9 Å². The summed E-state index contributed by atoms with van der Waals surface area (Å²) in [5.74, 6) is 0.620. The molecule has 1 aromatic carbocycles. The van der Waals surface area contributed by atoms with Crippen LogP contribution in [0.2, 0.25) is 0 Å². The summed E-state index contributed by atoms with van der Waals surface area (Å²) >= 11 is 7.11. The second-order valence-corrected chi connectivity index (χ2v) is 7.44. The van der Waals surface area contributed by atoms with Gasteiger partial charge in [0.1, 0.15) is 6.04 Å². The third-order valence-electron chi connectivity index (χ3n) is 3.76. The van der Waals surface area contributed by atoms with Crippen molar-refractivity contribution in [1.82, 2.24) is 4.90 Å². The largest absolute Gasteiger partial charge is 0.326 e. The highest BCUT2D eigenvalue weighted by molar-refractivity contribution is 8.01. The van der Waals surface area contributed by atoms with Gasteiger partial charge in [-0.2, -0.15) is 0 Å². The number of rotatable bonds is 2. The lowest BCUT2D eigenvalue weighted by Crippen LogP contribution is -2.41. The summed E-state index contributed by atoms with van der Waals surface area (Å²) in [6.45, 7) is 4.06. The molecule has 2 aliphatic heterocycles. The number of hydrogen-bond donors (Lipinski definition) is 0. The summed E-state index contributed by atoms with van der Waals surface area (Å²) in [6, 6.07) is 5.61. The summed E-state index contributed by atoms with van der Waals surface area (Å²) in [5, 5.41) is 11.2. The molecule has 21 heavy (non-hydrogen) atoms. The van der Waals surface area contributed by atoms with E-state index in [0.717, 1.165) is 0 Å². The first kappa shape index (κ1) is 14.3. The fourth-order valence-corrected chi connectivity index (χ4v) is 4.24. The van der Waals surface area contributed by atoms with Gasteiger partial charge in [-0.25, -0.2) is 0 Å². The van der Waals surface area contributed by atoms with Gasteiger partial charge in [0.15, 0.2) is 5.11 Å². The Balaban J connectivity index is 1.95.